The number of halogens is 2. The van der Waals surface area contributed by atoms with E-state index in [0.29, 0.717) is 10.4 Å². The lowest BCUT2D eigenvalue weighted by molar-refractivity contribution is 1.28. The van der Waals surface area contributed by atoms with Gasteiger partial charge in [-0.2, -0.15) is 0 Å². The van der Waals surface area contributed by atoms with Gasteiger partial charge in [0.25, 0.3) is 5.56 Å². The van der Waals surface area contributed by atoms with E-state index in [1.165, 1.54) is 0 Å². The normalized spacial score (nSPS) is 10.6. The van der Waals surface area contributed by atoms with Crippen LogP contribution < -0.4 is 5.56 Å². The zero-order chi connectivity index (χ0) is 9.42. The molecule has 0 amide bonds. The van der Waals surface area contributed by atoms with Crippen LogP contribution in [0.1, 0.15) is 0 Å². The lowest BCUT2D eigenvalue weighted by atomic mass is 10.2. The molecule has 0 spiro atoms. The van der Waals surface area contributed by atoms with Crippen LogP contribution in [0.3, 0.4) is 0 Å². The zero-order valence-corrected chi connectivity index (χ0v) is 8.82. The summed E-state index contributed by atoms with van der Waals surface area (Å²) in [5.41, 5.74) is -0.157. The van der Waals surface area contributed by atoms with Crippen molar-refractivity contribution >= 4 is 38.3 Å². The molecule has 1 N–H and O–H groups in total. The molecule has 1 aromatic heterocycles. The Kier molecular flexibility index (Phi) is 2.14. The van der Waals surface area contributed by atoms with Crippen molar-refractivity contribution in [2.24, 2.45) is 0 Å². The highest BCUT2D eigenvalue weighted by atomic mass is 79.9. The van der Waals surface area contributed by atoms with Crippen LogP contribution in [0.25, 0.3) is 10.8 Å². The number of fused-ring (bicyclic) bond motifs is 1. The Morgan fingerprint density at radius 1 is 1.38 bits per heavy atom. The smallest absolute Gasteiger partial charge is 0.257 e. The highest BCUT2D eigenvalue weighted by molar-refractivity contribution is 9.10. The van der Waals surface area contributed by atoms with Crippen LogP contribution in [0.2, 0.25) is 5.02 Å². The molecule has 1 heterocycles. The standard InChI is InChI=1S/C9H5BrClNO/c10-6-3-5-1-2-12-9(13)8(5)7(11)4-6/h1-4H,(H,12,13). The van der Waals surface area contributed by atoms with Gasteiger partial charge in [0.05, 0.1) is 10.4 Å². The van der Waals surface area contributed by atoms with Crippen LogP contribution >= 0.6 is 27.5 Å². The van der Waals surface area contributed by atoms with Crippen molar-refractivity contribution in [3.05, 3.63) is 44.2 Å². The summed E-state index contributed by atoms with van der Waals surface area (Å²) in [6.07, 6.45) is 1.60. The Morgan fingerprint density at radius 3 is 2.92 bits per heavy atom. The van der Waals surface area contributed by atoms with Gasteiger partial charge in [-0.3, -0.25) is 4.79 Å². The summed E-state index contributed by atoms with van der Waals surface area (Å²) in [7, 11) is 0. The van der Waals surface area contributed by atoms with E-state index in [1.807, 2.05) is 12.1 Å². The zero-order valence-electron chi connectivity index (χ0n) is 6.47. The largest absolute Gasteiger partial charge is 0.329 e. The number of H-pyrrole nitrogens is 1. The number of benzene rings is 1. The van der Waals surface area contributed by atoms with Gasteiger partial charge in [0.1, 0.15) is 0 Å². The Balaban J connectivity index is 3.03. The van der Waals surface area contributed by atoms with Gasteiger partial charge in [0.2, 0.25) is 0 Å². The lowest BCUT2D eigenvalue weighted by Gasteiger charge is -1.99. The second-order valence-electron chi connectivity index (χ2n) is 2.66. The average molecular weight is 259 g/mol. The van der Waals surface area contributed by atoms with Crippen molar-refractivity contribution in [3.63, 3.8) is 0 Å². The SMILES string of the molecule is O=c1[nH]ccc2cc(Br)cc(Cl)c12. The van der Waals surface area contributed by atoms with E-state index in [9.17, 15) is 4.79 Å². The Labute approximate surface area is 87.7 Å². The summed E-state index contributed by atoms with van der Waals surface area (Å²) >= 11 is 9.23. The van der Waals surface area contributed by atoms with E-state index in [4.69, 9.17) is 11.6 Å². The summed E-state index contributed by atoms with van der Waals surface area (Å²) in [6.45, 7) is 0. The van der Waals surface area contributed by atoms with Crippen molar-refractivity contribution in [1.82, 2.24) is 4.98 Å². The predicted molar refractivity (Wildman–Crippen MR) is 57.3 cm³/mol. The number of nitrogens with one attached hydrogen (secondary N) is 1. The molecule has 13 heavy (non-hydrogen) atoms. The van der Waals surface area contributed by atoms with Gasteiger partial charge in [-0.15, -0.1) is 0 Å². The summed E-state index contributed by atoms with van der Waals surface area (Å²) in [6, 6.07) is 5.38. The molecular formula is C9H5BrClNO. The van der Waals surface area contributed by atoms with Crippen molar-refractivity contribution in [2.45, 2.75) is 0 Å². The number of hydrogen-bond acceptors (Lipinski definition) is 1. The molecule has 2 aromatic rings. The predicted octanol–water partition coefficient (Wildman–Crippen LogP) is 2.94. The number of rotatable bonds is 0. The van der Waals surface area contributed by atoms with Crippen molar-refractivity contribution < 1.29 is 0 Å². The van der Waals surface area contributed by atoms with Crippen LogP contribution in [0, 0.1) is 0 Å². The average Bonchev–Trinajstić information content (AvgIpc) is 2.02. The first-order valence-electron chi connectivity index (χ1n) is 3.65. The van der Waals surface area contributed by atoms with Gasteiger partial charge >= 0.3 is 0 Å². The van der Waals surface area contributed by atoms with Gasteiger partial charge < -0.3 is 4.98 Å². The van der Waals surface area contributed by atoms with E-state index >= 15 is 0 Å². The molecule has 66 valence electrons. The first-order chi connectivity index (χ1) is 6.18. The molecule has 0 unspecified atom stereocenters. The fraction of sp³-hybridized carbons (Fsp3) is 0. The number of pyridine rings is 1. The number of aromatic amines is 1. The maximum Gasteiger partial charge on any atom is 0.257 e. The molecular weight excluding hydrogens is 253 g/mol. The van der Waals surface area contributed by atoms with Gasteiger partial charge in [-0.1, -0.05) is 27.5 Å². The van der Waals surface area contributed by atoms with E-state index in [1.54, 1.807) is 12.3 Å². The summed E-state index contributed by atoms with van der Waals surface area (Å²) < 4.78 is 0.871. The van der Waals surface area contributed by atoms with Crippen LogP contribution in [-0.4, -0.2) is 4.98 Å². The summed E-state index contributed by atoms with van der Waals surface area (Å²) in [5.74, 6) is 0. The third kappa shape index (κ3) is 1.49. The Morgan fingerprint density at radius 2 is 2.15 bits per heavy atom. The Bertz CT molecular complexity index is 520. The first kappa shape index (κ1) is 8.78. The van der Waals surface area contributed by atoms with Gasteiger partial charge in [-0.25, -0.2) is 0 Å². The van der Waals surface area contributed by atoms with Gasteiger partial charge in [-0.05, 0) is 23.6 Å². The second kappa shape index (κ2) is 3.16. The molecule has 4 heteroatoms. The molecule has 0 radical (unpaired) electrons. The van der Waals surface area contributed by atoms with Gasteiger partial charge in [0, 0.05) is 10.7 Å². The third-order valence-corrected chi connectivity index (χ3v) is 2.55. The minimum atomic E-state index is -0.157. The number of aromatic nitrogens is 1. The topological polar surface area (TPSA) is 32.9 Å². The highest BCUT2D eigenvalue weighted by Crippen LogP contribution is 2.24. The molecule has 1 aromatic carbocycles. The molecule has 0 saturated carbocycles. The minimum absolute atomic E-state index is 0.157. The molecule has 0 fully saturated rings. The molecule has 0 atom stereocenters. The molecule has 0 aliphatic rings. The van der Waals surface area contributed by atoms with Crippen LogP contribution in [0.4, 0.5) is 0 Å². The molecule has 0 aliphatic heterocycles. The Hall–Kier alpha value is -0.800. The van der Waals surface area contributed by atoms with E-state index in [-0.39, 0.29) is 5.56 Å². The minimum Gasteiger partial charge on any atom is -0.329 e. The van der Waals surface area contributed by atoms with E-state index < -0.39 is 0 Å². The van der Waals surface area contributed by atoms with Crippen LogP contribution in [0.5, 0.6) is 0 Å². The monoisotopic (exact) mass is 257 g/mol. The molecule has 0 saturated heterocycles. The highest BCUT2D eigenvalue weighted by Gasteiger charge is 2.03. The van der Waals surface area contributed by atoms with Crippen molar-refractivity contribution in [2.75, 3.05) is 0 Å². The fourth-order valence-electron chi connectivity index (χ4n) is 1.24. The summed E-state index contributed by atoms with van der Waals surface area (Å²) in [5, 5.41) is 1.83. The lowest BCUT2D eigenvalue weighted by Crippen LogP contribution is -2.04. The van der Waals surface area contributed by atoms with Crippen molar-refractivity contribution in [3.8, 4) is 0 Å². The fourth-order valence-corrected chi connectivity index (χ4v) is 2.16. The van der Waals surface area contributed by atoms with Gasteiger partial charge in [0.15, 0.2) is 0 Å². The van der Waals surface area contributed by atoms with E-state index in [0.717, 1.165) is 9.86 Å². The third-order valence-electron chi connectivity index (χ3n) is 1.79. The molecule has 2 nitrogen and oxygen atoms in total. The second-order valence-corrected chi connectivity index (χ2v) is 3.98. The van der Waals surface area contributed by atoms with E-state index in [2.05, 4.69) is 20.9 Å². The maximum atomic E-state index is 11.4. The molecule has 2 rings (SSSR count). The molecule has 0 aliphatic carbocycles. The quantitative estimate of drug-likeness (QED) is 0.774. The van der Waals surface area contributed by atoms with Crippen molar-refractivity contribution in [1.29, 1.82) is 0 Å². The first-order valence-corrected chi connectivity index (χ1v) is 4.82. The number of hydrogen-bond donors (Lipinski definition) is 1. The summed E-state index contributed by atoms with van der Waals surface area (Å²) in [4.78, 5) is 13.9. The van der Waals surface area contributed by atoms with Crippen LogP contribution in [-0.2, 0) is 0 Å². The molecule has 0 bridgehead atoms. The van der Waals surface area contributed by atoms with Crippen LogP contribution in [0.15, 0.2) is 33.7 Å². The maximum absolute atomic E-state index is 11.4.